The molecule has 0 amide bonds. The van der Waals surface area contributed by atoms with Crippen LogP contribution in [0.4, 0.5) is 17.1 Å². The quantitative estimate of drug-likeness (QED) is 0.190. The zero-order valence-electron chi connectivity index (χ0n) is 26.6. The van der Waals surface area contributed by atoms with Gasteiger partial charge in [0.25, 0.3) is 0 Å². The molecule has 0 N–H and O–H groups in total. The number of aromatic nitrogens is 1. The molecule has 10 aromatic rings. The smallest absolute Gasteiger partial charge is 0.137 e. The van der Waals surface area contributed by atoms with Crippen LogP contribution in [0, 0.1) is 0 Å². The average Bonchev–Trinajstić information content (AvgIpc) is 3.70. The van der Waals surface area contributed by atoms with Gasteiger partial charge >= 0.3 is 0 Å². The van der Waals surface area contributed by atoms with E-state index in [9.17, 15) is 0 Å². The molecule has 0 spiro atoms. The Hall–Kier alpha value is -6.58. The summed E-state index contributed by atoms with van der Waals surface area (Å²) in [5, 5.41) is 7.10. The zero-order chi connectivity index (χ0) is 32.3. The number of fused-ring (bicyclic) bond motifs is 7. The van der Waals surface area contributed by atoms with Crippen LogP contribution in [0.5, 0.6) is 0 Å². The van der Waals surface area contributed by atoms with Crippen LogP contribution in [0.15, 0.2) is 186 Å². The van der Waals surface area contributed by atoms with Gasteiger partial charge in [0.15, 0.2) is 0 Å². The maximum absolute atomic E-state index is 6.43. The topological polar surface area (TPSA) is 21.3 Å². The number of benzene rings is 8. The van der Waals surface area contributed by atoms with Gasteiger partial charge in [0.2, 0.25) is 0 Å². The lowest BCUT2D eigenvalue weighted by atomic mass is 10.0. The van der Waals surface area contributed by atoms with Crippen LogP contribution in [0.3, 0.4) is 0 Å². The maximum atomic E-state index is 6.43. The fourth-order valence-electron chi connectivity index (χ4n) is 7.49. The van der Waals surface area contributed by atoms with E-state index in [1.54, 1.807) is 0 Å². The number of hydrogen-bond donors (Lipinski definition) is 0. The largest absolute Gasteiger partial charge is 0.456 e. The first kappa shape index (κ1) is 27.5. The molecule has 0 saturated heterocycles. The average molecular weight is 627 g/mol. The summed E-state index contributed by atoms with van der Waals surface area (Å²) in [7, 11) is 0. The van der Waals surface area contributed by atoms with Crippen LogP contribution in [0.1, 0.15) is 0 Å². The lowest BCUT2D eigenvalue weighted by Gasteiger charge is -2.27. The monoisotopic (exact) mass is 626 g/mol. The molecule has 0 aliphatic rings. The highest BCUT2D eigenvalue weighted by Gasteiger charge is 2.22. The summed E-state index contributed by atoms with van der Waals surface area (Å²) in [5.41, 5.74) is 10.8. The van der Waals surface area contributed by atoms with Gasteiger partial charge in [0.1, 0.15) is 11.2 Å². The summed E-state index contributed by atoms with van der Waals surface area (Å²) in [6, 6.07) is 65.0. The SMILES string of the molecule is c1ccc(-c2ccc(N(c3ccc4c(c3)oc3ccccc34)c3cccc4c3c3cc5ccccc5cc3n4-c3ccccc3)cc2)cc1. The van der Waals surface area contributed by atoms with Crippen LogP contribution in [-0.2, 0) is 0 Å². The van der Waals surface area contributed by atoms with E-state index in [4.69, 9.17) is 4.42 Å². The molecule has 49 heavy (non-hydrogen) atoms. The summed E-state index contributed by atoms with van der Waals surface area (Å²) >= 11 is 0. The first-order valence-corrected chi connectivity index (χ1v) is 16.7. The van der Waals surface area contributed by atoms with E-state index in [1.807, 2.05) is 12.1 Å². The third kappa shape index (κ3) is 4.44. The van der Waals surface area contributed by atoms with Crippen molar-refractivity contribution in [3.8, 4) is 16.8 Å². The first-order chi connectivity index (χ1) is 24.3. The van der Waals surface area contributed by atoms with Crippen LogP contribution < -0.4 is 4.90 Å². The van der Waals surface area contributed by atoms with Gasteiger partial charge in [0, 0.05) is 44.7 Å². The van der Waals surface area contributed by atoms with Crippen molar-refractivity contribution in [2.45, 2.75) is 0 Å². The van der Waals surface area contributed by atoms with Crippen LogP contribution >= 0.6 is 0 Å². The van der Waals surface area contributed by atoms with Crippen LogP contribution in [-0.4, -0.2) is 4.57 Å². The van der Waals surface area contributed by atoms with Crippen molar-refractivity contribution in [3.63, 3.8) is 0 Å². The molecule has 2 aromatic heterocycles. The molecule has 0 saturated carbocycles. The molecule has 3 heteroatoms. The van der Waals surface area contributed by atoms with E-state index in [0.29, 0.717) is 0 Å². The van der Waals surface area contributed by atoms with E-state index in [1.165, 1.54) is 38.2 Å². The van der Waals surface area contributed by atoms with Crippen molar-refractivity contribution >= 4 is 71.6 Å². The molecule has 0 atom stereocenters. The fourth-order valence-corrected chi connectivity index (χ4v) is 7.49. The van der Waals surface area contributed by atoms with Gasteiger partial charge in [-0.05, 0) is 88.6 Å². The molecule has 230 valence electrons. The van der Waals surface area contributed by atoms with Crippen molar-refractivity contribution in [3.05, 3.63) is 182 Å². The molecule has 0 aliphatic heterocycles. The van der Waals surface area contributed by atoms with E-state index in [2.05, 4.69) is 179 Å². The number of furan rings is 1. The predicted octanol–water partition coefficient (Wildman–Crippen LogP) is 13.0. The standard InChI is InChI=1S/C46H30N2O/c1-3-12-31(13-4-1)32-22-24-36(25-23-32)47(37-26-27-39-38-18-9-10-21-44(38)49-45(39)30-37)41-19-11-20-42-46(41)40-28-33-14-7-8-15-34(33)29-43(40)48(42)35-16-5-2-6-17-35/h1-30H. The molecule has 8 aromatic carbocycles. The Labute approximate surface area is 283 Å². The summed E-state index contributed by atoms with van der Waals surface area (Å²) in [6.45, 7) is 0. The number of nitrogens with zero attached hydrogens (tertiary/aromatic N) is 2. The molecular weight excluding hydrogens is 597 g/mol. The lowest BCUT2D eigenvalue weighted by Crippen LogP contribution is -2.10. The molecule has 0 radical (unpaired) electrons. The Kier molecular flexibility index (Phi) is 6.18. The third-order valence-electron chi connectivity index (χ3n) is 9.74. The second-order valence-electron chi connectivity index (χ2n) is 12.6. The highest BCUT2D eigenvalue weighted by molar-refractivity contribution is 6.19. The molecule has 2 heterocycles. The zero-order valence-corrected chi connectivity index (χ0v) is 26.6. The minimum Gasteiger partial charge on any atom is -0.456 e. The predicted molar refractivity (Wildman–Crippen MR) is 206 cm³/mol. The van der Waals surface area contributed by atoms with Crippen molar-refractivity contribution in [2.75, 3.05) is 4.90 Å². The Morgan fingerprint density at radius 1 is 0.408 bits per heavy atom. The minimum atomic E-state index is 0.870. The Bertz CT molecular complexity index is 2810. The highest BCUT2D eigenvalue weighted by Crippen LogP contribution is 2.46. The first-order valence-electron chi connectivity index (χ1n) is 16.7. The van der Waals surface area contributed by atoms with E-state index >= 15 is 0 Å². The summed E-state index contributed by atoms with van der Waals surface area (Å²) < 4.78 is 8.83. The summed E-state index contributed by atoms with van der Waals surface area (Å²) in [5.74, 6) is 0. The van der Waals surface area contributed by atoms with E-state index in [-0.39, 0.29) is 0 Å². The molecule has 0 unspecified atom stereocenters. The molecule has 10 rings (SSSR count). The highest BCUT2D eigenvalue weighted by atomic mass is 16.3. The number of anilines is 3. The van der Waals surface area contributed by atoms with Crippen LogP contribution in [0.25, 0.3) is 71.3 Å². The number of para-hydroxylation sites is 2. The summed E-state index contributed by atoms with van der Waals surface area (Å²) in [6.07, 6.45) is 0. The maximum Gasteiger partial charge on any atom is 0.137 e. The van der Waals surface area contributed by atoms with Gasteiger partial charge in [-0.1, -0.05) is 109 Å². The molecular formula is C46H30N2O. The number of rotatable bonds is 5. The van der Waals surface area contributed by atoms with Gasteiger partial charge in [0.05, 0.1) is 16.7 Å². The van der Waals surface area contributed by atoms with E-state index < -0.39 is 0 Å². The molecule has 0 aliphatic carbocycles. The Morgan fingerprint density at radius 2 is 1.06 bits per heavy atom. The Balaban J connectivity index is 1.27. The lowest BCUT2D eigenvalue weighted by molar-refractivity contribution is 0.669. The summed E-state index contributed by atoms with van der Waals surface area (Å²) in [4.78, 5) is 2.38. The van der Waals surface area contributed by atoms with Crippen LogP contribution in [0.2, 0.25) is 0 Å². The van der Waals surface area contributed by atoms with Crippen molar-refractivity contribution in [1.29, 1.82) is 0 Å². The second kappa shape index (κ2) is 11.0. The van der Waals surface area contributed by atoms with Gasteiger partial charge in [-0.25, -0.2) is 0 Å². The molecule has 0 bridgehead atoms. The Morgan fingerprint density at radius 3 is 1.88 bits per heavy atom. The normalized spacial score (nSPS) is 11.7. The third-order valence-corrected chi connectivity index (χ3v) is 9.74. The van der Waals surface area contributed by atoms with Gasteiger partial charge in [-0.2, -0.15) is 0 Å². The van der Waals surface area contributed by atoms with Gasteiger partial charge in [-0.15, -0.1) is 0 Å². The van der Waals surface area contributed by atoms with Crippen molar-refractivity contribution in [1.82, 2.24) is 4.57 Å². The van der Waals surface area contributed by atoms with Crippen molar-refractivity contribution in [2.24, 2.45) is 0 Å². The number of hydrogen-bond acceptors (Lipinski definition) is 2. The fraction of sp³-hybridized carbons (Fsp3) is 0. The molecule has 0 fully saturated rings. The van der Waals surface area contributed by atoms with Gasteiger partial charge in [-0.3, -0.25) is 0 Å². The molecule has 3 nitrogen and oxygen atoms in total. The van der Waals surface area contributed by atoms with Gasteiger partial charge < -0.3 is 13.9 Å². The van der Waals surface area contributed by atoms with E-state index in [0.717, 1.165) is 50.2 Å². The minimum absolute atomic E-state index is 0.870. The van der Waals surface area contributed by atoms with Crippen molar-refractivity contribution < 1.29 is 4.42 Å². The second-order valence-corrected chi connectivity index (χ2v) is 12.6.